The van der Waals surface area contributed by atoms with Crippen molar-refractivity contribution in [2.24, 2.45) is 5.16 Å². The number of benzene rings is 2. The van der Waals surface area contributed by atoms with Gasteiger partial charge in [-0.3, -0.25) is 4.79 Å². The molecule has 0 spiro atoms. The number of methoxy groups -OCH3 is 1. The van der Waals surface area contributed by atoms with Gasteiger partial charge < -0.3 is 20.0 Å². The van der Waals surface area contributed by atoms with Gasteiger partial charge in [-0.25, -0.2) is 0 Å². The van der Waals surface area contributed by atoms with E-state index in [9.17, 15) is 9.90 Å². The number of rotatable bonds is 4. The minimum Gasteiger partial charge on any atom is -0.508 e. The average Bonchev–Trinajstić information content (AvgIpc) is 3.05. The van der Waals surface area contributed by atoms with Crippen LogP contribution in [0.5, 0.6) is 11.5 Å². The van der Waals surface area contributed by atoms with E-state index in [2.05, 4.69) is 10.5 Å². The molecule has 1 heterocycles. The van der Waals surface area contributed by atoms with Gasteiger partial charge in [0.2, 0.25) is 6.10 Å². The van der Waals surface area contributed by atoms with E-state index in [4.69, 9.17) is 9.57 Å². The molecule has 0 saturated carbocycles. The Bertz CT molecular complexity index is 741. The summed E-state index contributed by atoms with van der Waals surface area (Å²) in [5.74, 6) is 0.541. The highest BCUT2D eigenvalue weighted by Gasteiger charge is 2.29. The van der Waals surface area contributed by atoms with E-state index in [0.717, 1.165) is 11.3 Å². The molecule has 0 radical (unpaired) electrons. The van der Waals surface area contributed by atoms with Crippen molar-refractivity contribution < 1.29 is 19.5 Å². The van der Waals surface area contributed by atoms with E-state index in [1.54, 1.807) is 19.2 Å². The summed E-state index contributed by atoms with van der Waals surface area (Å²) in [6, 6.07) is 13.8. The topological polar surface area (TPSA) is 80.2 Å². The Kier molecular flexibility index (Phi) is 4.14. The molecule has 0 bridgehead atoms. The normalized spacial score (nSPS) is 16.4. The molecule has 1 aliphatic heterocycles. The SMILES string of the molecule is COc1ccc(C2=NO[C@H](C(=O)Nc3cccc(O)c3)C2)cc1. The fourth-order valence-electron chi connectivity index (χ4n) is 2.28. The molecule has 2 aromatic carbocycles. The number of nitrogens with zero attached hydrogens (tertiary/aromatic N) is 1. The third kappa shape index (κ3) is 3.42. The Hall–Kier alpha value is -3.02. The van der Waals surface area contributed by atoms with Gasteiger partial charge in [-0.05, 0) is 42.0 Å². The molecule has 0 aromatic heterocycles. The number of carbonyl (C=O) groups is 1. The second-order valence-electron chi connectivity index (χ2n) is 5.10. The van der Waals surface area contributed by atoms with Gasteiger partial charge >= 0.3 is 0 Å². The summed E-state index contributed by atoms with van der Waals surface area (Å²) in [6.45, 7) is 0. The largest absolute Gasteiger partial charge is 0.508 e. The molecule has 0 unspecified atom stereocenters. The van der Waals surface area contributed by atoms with Gasteiger partial charge in [0, 0.05) is 18.2 Å². The molecule has 0 fully saturated rings. The molecule has 1 amide bonds. The number of oxime groups is 1. The second kappa shape index (κ2) is 6.39. The van der Waals surface area contributed by atoms with E-state index in [0.29, 0.717) is 17.8 Å². The number of amides is 1. The zero-order chi connectivity index (χ0) is 16.2. The average molecular weight is 312 g/mol. The number of ether oxygens (including phenoxy) is 1. The zero-order valence-electron chi connectivity index (χ0n) is 12.5. The Morgan fingerprint density at radius 2 is 2.09 bits per heavy atom. The maximum absolute atomic E-state index is 12.2. The molecule has 2 N–H and O–H groups in total. The third-order valence-corrected chi connectivity index (χ3v) is 3.50. The van der Waals surface area contributed by atoms with Crippen LogP contribution >= 0.6 is 0 Å². The monoisotopic (exact) mass is 312 g/mol. The van der Waals surface area contributed by atoms with Gasteiger partial charge in [-0.1, -0.05) is 11.2 Å². The lowest BCUT2D eigenvalue weighted by atomic mass is 10.0. The summed E-state index contributed by atoms with van der Waals surface area (Å²) < 4.78 is 5.11. The number of hydrogen-bond acceptors (Lipinski definition) is 5. The fraction of sp³-hybridized carbons (Fsp3) is 0.176. The van der Waals surface area contributed by atoms with Gasteiger partial charge in [0.25, 0.3) is 5.91 Å². The standard InChI is InChI=1S/C17H16N2O4/c1-22-14-7-5-11(6-8-14)15-10-16(23-19-15)17(21)18-12-3-2-4-13(20)9-12/h2-9,16,20H,10H2,1H3,(H,18,21)/t16-/m0/s1. The van der Waals surface area contributed by atoms with E-state index in [-0.39, 0.29) is 11.7 Å². The van der Waals surface area contributed by atoms with Gasteiger partial charge in [0.1, 0.15) is 11.5 Å². The Balaban J connectivity index is 1.62. The number of hydrogen-bond donors (Lipinski definition) is 2. The molecule has 1 atom stereocenters. The number of phenolic OH excluding ortho intramolecular Hbond substituents is 1. The van der Waals surface area contributed by atoms with E-state index in [1.807, 2.05) is 24.3 Å². The van der Waals surface area contributed by atoms with Crippen LogP contribution in [-0.4, -0.2) is 29.9 Å². The van der Waals surface area contributed by atoms with Gasteiger partial charge in [0.05, 0.1) is 12.8 Å². The summed E-state index contributed by atoms with van der Waals surface area (Å²) in [5.41, 5.74) is 2.11. The lowest BCUT2D eigenvalue weighted by Crippen LogP contribution is -2.28. The molecule has 6 heteroatoms. The van der Waals surface area contributed by atoms with Crippen molar-refractivity contribution >= 4 is 17.3 Å². The minimum absolute atomic E-state index is 0.0883. The van der Waals surface area contributed by atoms with Gasteiger partial charge in [0.15, 0.2) is 0 Å². The highest BCUT2D eigenvalue weighted by Crippen LogP contribution is 2.21. The van der Waals surface area contributed by atoms with Crippen LogP contribution in [0.2, 0.25) is 0 Å². The van der Waals surface area contributed by atoms with Gasteiger partial charge in [-0.15, -0.1) is 0 Å². The Morgan fingerprint density at radius 3 is 2.78 bits per heavy atom. The highest BCUT2D eigenvalue weighted by molar-refractivity contribution is 6.06. The smallest absolute Gasteiger partial charge is 0.268 e. The van der Waals surface area contributed by atoms with Crippen LogP contribution in [0.3, 0.4) is 0 Å². The summed E-state index contributed by atoms with van der Waals surface area (Å²) in [7, 11) is 1.60. The maximum Gasteiger partial charge on any atom is 0.268 e. The van der Waals surface area contributed by atoms with Crippen LogP contribution in [0.4, 0.5) is 5.69 Å². The van der Waals surface area contributed by atoms with Crippen LogP contribution in [0.25, 0.3) is 0 Å². The van der Waals surface area contributed by atoms with Crippen LogP contribution < -0.4 is 10.1 Å². The number of carbonyl (C=O) groups excluding carboxylic acids is 1. The molecule has 23 heavy (non-hydrogen) atoms. The van der Waals surface area contributed by atoms with Crippen molar-refractivity contribution in [3.63, 3.8) is 0 Å². The summed E-state index contributed by atoms with van der Waals surface area (Å²) in [4.78, 5) is 17.4. The second-order valence-corrected chi connectivity index (χ2v) is 5.10. The summed E-state index contributed by atoms with van der Waals surface area (Å²) in [6.07, 6.45) is -0.300. The molecular weight excluding hydrogens is 296 g/mol. The van der Waals surface area contributed by atoms with Crippen molar-refractivity contribution in [1.29, 1.82) is 0 Å². The number of anilines is 1. The lowest BCUT2D eigenvalue weighted by molar-refractivity contribution is -0.125. The maximum atomic E-state index is 12.2. The predicted octanol–water partition coefficient (Wildman–Crippen LogP) is 2.53. The van der Waals surface area contributed by atoms with Crippen molar-refractivity contribution in [3.05, 3.63) is 54.1 Å². The van der Waals surface area contributed by atoms with Crippen LogP contribution in [-0.2, 0) is 9.63 Å². The van der Waals surface area contributed by atoms with Gasteiger partial charge in [-0.2, -0.15) is 0 Å². The molecule has 1 aliphatic rings. The van der Waals surface area contributed by atoms with Crippen LogP contribution in [0.15, 0.2) is 53.7 Å². The van der Waals surface area contributed by atoms with Crippen molar-refractivity contribution in [1.82, 2.24) is 0 Å². The van der Waals surface area contributed by atoms with Crippen molar-refractivity contribution in [3.8, 4) is 11.5 Å². The lowest BCUT2D eigenvalue weighted by Gasteiger charge is -2.09. The van der Waals surface area contributed by atoms with Crippen molar-refractivity contribution in [2.45, 2.75) is 12.5 Å². The number of nitrogens with one attached hydrogen (secondary N) is 1. The summed E-state index contributed by atoms with van der Waals surface area (Å²) in [5, 5.41) is 16.1. The number of phenols is 1. The molecule has 3 rings (SSSR count). The van der Waals surface area contributed by atoms with Crippen LogP contribution in [0, 0.1) is 0 Å². The Labute approximate surface area is 133 Å². The molecule has 0 saturated heterocycles. The minimum atomic E-state index is -0.686. The Morgan fingerprint density at radius 1 is 1.30 bits per heavy atom. The molecule has 2 aromatic rings. The van der Waals surface area contributed by atoms with E-state index >= 15 is 0 Å². The highest BCUT2D eigenvalue weighted by atomic mass is 16.6. The number of aromatic hydroxyl groups is 1. The fourth-order valence-corrected chi connectivity index (χ4v) is 2.28. The van der Waals surface area contributed by atoms with Crippen LogP contribution in [0.1, 0.15) is 12.0 Å². The third-order valence-electron chi connectivity index (χ3n) is 3.50. The molecular formula is C17H16N2O4. The molecule has 118 valence electrons. The zero-order valence-corrected chi connectivity index (χ0v) is 12.5. The quantitative estimate of drug-likeness (QED) is 0.909. The molecule has 6 nitrogen and oxygen atoms in total. The van der Waals surface area contributed by atoms with E-state index in [1.165, 1.54) is 12.1 Å². The molecule has 0 aliphatic carbocycles. The first-order chi connectivity index (χ1) is 11.2. The first-order valence-corrected chi connectivity index (χ1v) is 7.13. The predicted molar refractivity (Wildman–Crippen MR) is 85.8 cm³/mol. The van der Waals surface area contributed by atoms with E-state index < -0.39 is 6.10 Å². The first kappa shape index (κ1) is 14.9. The van der Waals surface area contributed by atoms with Crippen molar-refractivity contribution in [2.75, 3.05) is 12.4 Å². The summed E-state index contributed by atoms with van der Waals surface area (Å²) >= 11 is 0. The first-order valence-electron chi connectivity index (χ1n) is 7.13.